The number of ether oxygens (including phenoxy) is 2. The minimum atomic E-state index is -0.398. The fourth-order valence-corrected chi connectivity index (χ4v) is 5.90. The zero-order valence-corrected chi connectivity index (χ0v) is 20.8. The monoisotopic (exact) mass is 483 g/mol. The van der Waals surface area contributed by atoms with Crippen molar-refractivity contribution in [1.82, 2.24) is 5.32 Å². The number of nitrogens with one attached hydrogen (secondary N) is 1. The van der Waals surface area contributed by atoms with Crippen LogP contribution in [-0.4, -0.2) is 37.0 Å². The normalized spacial score (nSPS) is 20.4. The standard InChI is InChI=1S/C26H29NO4S2/c1-4-32-12-10-31-26(29)23-16(2)27-20-13-18(19-7-5-6-8-22(19)30-3)14-21(28)25(20)24(23)17-9-11-33-15-17/h5-9,11,15,18,24,27H,4,10,12-14H2,1-3H3/t18-,24+/m0/s1. The van der Waals surface area contributed by atoms with Crippen LogP contribution in [0.2, 0.25) is 0 Å². The van der Waals surface area contributed by atoms with Crippen LogP contribution >= 0.6 is 23.1 Å². The Bertz CT molecular complexity index is 1090. The SMILES string of the molecule is CCSCCOC(=O)C1=C(C)NC2=C(C(=O)C[C@@H](c3ccccc3OC)C2)[C@@H]1c1ccsc1. The first-order valence-corrected chi connectivity index (χ1v) is 13.3. The van der Waals surface area contributed by atoms with Gasteiger partial charge >= 0.3 is 5.97 Å². The third-order valence-electron chi connectivity index (χ3n) is 6.17. The predicted molar refractivity (Wildman–Crippen MR) is 134 cm³/mol. The Morgan fingerprint density at radius 2 is 2.06 bits per heavy atom. The van der Waals surface area contributed by atoms with Crippen LogP contribution in [0.25, 0.3) is 0 Å². The lowest BCUT2D eigenvalue weighted by Crippen LogP contribution is -2.36. The zero-order valence-electron chi connectivity index (χ0n) is 19.2. The van der Waals surface area contributed by atoms with Gasteiger partial charge in [-0.15, -0.1) is 0 Å². The summed E-state index contributed by atoms with van der Waals surface area (Å²) < 4.78 is 11.2. The van der Waals surface area contributed by atoms with E-state index in [-0.39, 0.29) is 17.7 Å². The van der Waals surface area contributed by atoms with Crippen molar-refractivity contribution in [3.63, 3.8) is 0 Å². The molecule has 2 aliphatic rings. The first kappa shape index (κ1) is 23.6. The number of allylic oxidation sites excluding steroid dienone is 3. The number of para-hydroxylation sites is 1. The second-order valence-corrected chi connectivity index (χ2v) is 10.3. The molecule has 4 rings (SSSR count). The van der Waals surface area contributed by atoms with Crippen molar-refractivity contribution in [1.29, 1.82) is 0 Å². The predicted octanol–water partition coefficient (Wildman–Crippen LogP) is 5.41. The summed E-state index contributed by atoms with van der Waals surface area (Å²) in [6.07, 6.45) is 1.07. The Balaban J connectivity index is 1.68. The van der Waals surface area contributed by atoms with Gasteiger partial charge in [-0.1, -0.05) is 25.1 Å². The number of ketones is 1. The van der Waals surface area contributed by atoms with E-state index in [4.69, 9.17) is 9.47 Å². The molecule has 2 heterocycles. The molecule has 7 heteroatoms. The molecule has 1 N–H and O–H groups in total. The number of esters is 1. The molecule has 0 unspecified atom stereocenters. The number of Topliss-reactive ketones (excluding diaryl/α,β-unsaturated/α-hetero) is 1. The van der Waals surface area contributed by atoms with Crippen molar-refractivity contribution >= 4 is 34.9 Å². The van der Waals surface area contributed by atoms with Crippen molar-refractivity contribution < 1.29 is 19.1 Å². The number of dihydropyridines is 1. The molecule has 5 nitrogen and oxygen atoms in total. The summed E-state index contributed by atoms with van der Waals surface area (Å²) in [4.78, 5) is 26.7. The summed E-state index contributed by atoms with van der Waals surface area (Å²) in [6.45, 7) is 4.34. The smallest absolute Gasteiger partial charge is 0.336 e. The topological polar surface area (TPSA) is 64.6 Å². The Kier molecular flexibility index (Phi) is 7.60. The van der Waals surface area contributed by atoms with Crippen molar-refractivity contribution in [3.8, 4) is 5.75 Å². The number of rotatable bonds is 8. The molecule has 1 aromatic carbocycles. The summed E-state index contributed by atoms with van der Waals surface area (Å²) in [5, 5.41) is 7.41. The highest BCUT2D eigenvalue weighted by Crippen LogP contribution is 2.47. The third kappa shape index (κ3) is 4.89. The molecule has 2 aromatic rings. The van der Waals surface area contributed by atoms with Crippen molar-refractivity contribution in [3.05, 3.63) is 74.8 Å². The lowest BCUT2D eigenvalue weighted by Gasteiger charge is -2.36. The van der Waals surface area contributed by atoms with E-state index in [1.54, 1.807) is 30.2 Å². The average Bonchev–Trinajstić information content (AvgIpc) is 3.35. The van der Waals surface area contributed by atoms with E-state index in [9.17, 15) is 9.59 Å². The third-order valence-corrected chi connectivity index (χ3v) is 7.73. The number of hydrogen-bond donors (Lipinski definition) is 1. The van der Waals surface area contributed by atoms with Crippen LogP contribution in [0.4, 0.5) is 0 Å². The van der Waals surface area contributed by atoms with Crippen LogP contribution in [0, 0.1) is 0 Å². The number of methoxy groups -OCH3 is 1. The maximum atomic E-state index is 13.6. The van der Waals surface area contributed by atoms with Crippen LogP contribution < -0.4 is 10.1 Å². The maximum Gasteiger partial charge on any atom is 0.336 e. The molecule has 1 aliphatic carbocycles. The van der Waals surface area contributed by atoms with E-state index >= 15 is 0 Å². The van der Waals surface area contributed by atoms with Crippen LogP contribution in [0.5, 0.6) is 5.75 Å². The summed E-state index contributed by atoms with van der Waals surface area (Å²) in [6, 6.07) is 9.87. The summed E-state index contributed by atoms with van der Waals surface area (Å²) in [7, 11) is 1.66. The van der Waals surface area contributed by atoms with Crippen LogP contribution in [0.1, 0.15) is 49.7 Å². The molecule has 0 saturated carbocycles. The van der Waals surface area contributed by atoms with Gasteiger partial charge in [-0.2, -0.15) is 23.1 Å². The van der Waals surface area contributed by atoms with Crippen LogP contribution in [0.15, 0.2) is 63.6 Å². The lowest BCUT2D eigenvalue weighted by atomic mass is 9.72. The molecular weight excluding hydrogens is 454 g/mol. The number of thioether (sulfide) groups is 1. The van der Waals surface area contributed by atoms with Gasteiger partial charge < -0.3 is 14.8 Å². The number of benzene rings is 1. The fraction of sp³-hybridized carbons (Fsp3) is 0.385. The first-order valence-electron chi connectivity index (χ1n) is 11.2. The number of carbonyl (C=O) groups excluding carboxylic acids is 2. The molecule has 2 atom stereocenters. The molecular formula is C26H29NO4S2. The first-order chi connectivity index (χ1) is 16.0. The van der Waals surface area contributed by atoms with Crippen molar-refractivity contribution in [2.24, 2.45) is 0 Å². The fourth-order valence-electron chi connectivity index (χ4n) is 4.72. The van der Waals surface area contributed by atoms with Gasteiger partial charge in [0.25, 0.3) is 0 Å². The Morgan fingerprint density at radius 1 is 1.24 bits per heavy atom. The van der Waals surface area contributed by atoms with Gasteiger partial charge in [0.15, 0.2) is 5.78 Å². The van der Waals surface area contributed by atoms with Gasteiger partial charge in [-0.3, -0.25) is 4.79 Å². The number of hydrogen-bond acceptors (Lipinski definition) is 7. The number of carbonyl (C=O) groups is 2. The molecule has 174 valence electrons. The molecule has 33 heavy (non-hydrogen) atoms. The average molecular weight is 484 g/mol. The largest absolute Gasteiger partial charge is 0.496 e. The van der Waals surface area contributed by atoms with Gasteiger partial charge in [-0.05, 0) is 53.1 Å². The Morgan fingerprint density at radius 3 is 2.79 bits per heavy atom. The highest BCUT2D eigenvalue weighted by molar-refractivity contribution is 7.99. The van der Waals surface area contributed by atoms with Crippen molar-refractivity contribution in [2.75, 3.05) is 25.2 Å². The molecule has 0 radical (unpaired) electrons. The van der Waals surface area contributed by atoms with Gasteiger partial charge in [0.1, 0.15) is 12.4 Å². The van der Waals surface area contributed by atoms with Gasteiger partial charge in [0.05, 0.1) is 12.7 Å². The molecule has 1 aromatic heterocycles. The van der Waals surface area contributed by atoms with E-state index in [0.717, 1.165) is 39.8 Å². The Hall–Kier alpha value is -2.51. The number of thiophene rings is 1. The lowest BCUT2D eigenvalue weighted by molar-refractivity contribution is -0.138. The molecule has 0 bridgehead atoms. The van der Waals surface area contributed by atoms with Gasteiger partial charge in [-0.25, -0.2) is 4.79 Å². The second kappa shape index (κ2) is 10.6. The van der Waals surface area contributed by atoms with E-state index in [1.165, 1.54) is 0 Å². The summed E-state index contributed by atoms with van der Waals surface area (Å²) in [5.41, 5.74) is 4.89. The molecule has 0 amide bonds. The minimum Gasteiger partial charge on any atom is -0.496 e. The van der Waals surface area contributed by atoms with E-state index in [1.807, 2.05) is 48.0 Å². The molecule has 0 spiro atoms. The van der Waals surface area contributed by atoms with E-state index in [2.05, 4.69) is 12.2 Å². The maximum absolute atomic E-state index is 13.6. The highest BCUT2D eigenvalue weighted by Gasteiger charge is 2.41. The van der Waals surface area contributed by atoms with Crippen molar-refractivity contribution in [2.45, 2.75) is 38.5 Å². The van der Waals surface area contributed by atoms with Crippen LogP contribution in [-0.2, 0) is 14.3 Å². The Labute approximate surface area is 203 Å². The molecule has 0 saturated heterocycles. The minimum absolute atomic E-state index is 0.0235. The molecule has 0 fully saturated rings. The quantitative estimate of drug-likeness (QED) is 0.400. The van der Waals surface area contributed by atoms with Crippen LogP contribution in [0.3, 0.4) is 0 Å². The molecule has 1 aliphatic heterocycles. The van der Waals surface area contributed by atoms with Gasteiger partial charge in [0, 0.05) is 41.0 Å². The summed E-state index contributed by atoms with van der Waals surface area (Å²) >= 11 is 3.30. The zero-order chi connectivity index (χ0) is 23.4. The summed E-state index contributed by atoms with van der Waals surface area (Å²) in [5.74, 6) is 1.88. The van der Waals surface area contributed by atoms with Gasteiger partial charge in [0.2, 0.25) is 0 Å². The van der Waals surface area contributed by atoms with E-state index < -0.39 is 5.92 Å². The van der Waals surface area contributed by atoms with E-state index in [0.29, 0.717) is 30.6 Å². The highest BCUT2D eigenvalue weighted by atomic mass is 32.2. The second-order valence-electron chi connectivity index (χ2n) is 8.15.